The molecule has 5 aromatic rings. The van der Waals surface area contributed by atoms with E-state index >= 15 is 0 Å². The molecule has 0 spiro atoms. The van der Waals surface area contributed by atoms with Crippen LogP contribution in [0.1, 0.15) is 63.1 Å². The molecule has 2 aromatic heterocycles. The summed E-state index contributed by atoms with van der Waals surface area (Å²) in [5, 5.41) is 16.7. The Morgan fingerprint density at radius 2 is 1.81 bits per heavy atom. The number of rotatable bonds is 12. The molecule has 0 bridgehead atoms. The minimum atomic E-state index is 0.0344. The van der Waals surface area contributed by atoms with Gasteiger partial charge in [0.15, 0.2) is 5.82 Å². The third-order valence-electron chi connectivity index (χ3n) is 7.38. The number of aromatic amines is 1. The Labute approximate surface area is 256 Å². The lowest BCUT2D eigenvalue weighted by atomic mass is 9.97. The molecule has 1 amide bonds. The number of carbonyl (C=O) groups excluding carboxylic acids is 1. The minimum absolute atomic E-state index is 0.0344. The molecule has 42 heavy (non-hydrogen) atoms. The maximum Gasteiger partial charge on any atom is 0.253 e. The van der Waals surface area contributed by atoms with Crippen molar-refractivity contribution in [1.29, 1.82) is 0 Å². The van der Waals surface area contributed by atoms with Crippen LogP contribution in [0.2, 0.25) is 5.02 Å². The fourth-order valence-corrected chi connectivity index (χ4v) is 6.49. The van der Waals surface area contributed by atoms with Crippen LogP contribution in [0.15, 0.2) is 78.9 Å². The van der Waals surface area contributed by atoms with Crippen LogP contribution in [-0.4, -0.2) is 56.3 Å². The lowest BCUT2D eigenvalue weighted by Crippen LogP contribution is -2.23. The quantitative estimate of drug-likeness (QED) is 0.165. The summed E-state index contributed by atoms with van der Waals surface area (Å²) >= 11 is 8.10. The standard InChI is InChI=1S/C33H35ClN6OS/c1-22(32-36-38-39-37-32)21-42-31(18-14-24-8-4-5-10-29(24)33(41)40(2)3)26-9-6-7-23(19-26)11-16-28-17-13-25-12-15-27(34)20-30(25)35-28/h4-10,12-13,15,17,19-20,22,31H,11,14,16,18,21H2,1-3H3,(H,36,37,38,39). The molecule has 3 aromatic carbocycles. The number of tetrazole rings is 1. The van der Waals surface area contributed by atoms with Gasteiger partial charge < -0.3 is 4.90 Å². The average molecular weight is 599 g/mol. The Morgan fingerprint density at radius 3 is 2.62 bits per heavy atom. The summed E-state index contributed by atoms with van der Waals surface area (Å²) in [4.78, 5) is 19.3. The molecule has 5 rings (SSSR count). The number of aromatic nitrogens is 5. The van der Waals surface area contributed by atoms with Crippen LogP contribution in [-0.2, 0) is 19.3 Å². The number of benzene rings is 3. The van der Waals surface area contributed by atoms with Crippen LogP contribution < -0.4 is 0 Å². The van der Waals surface area contributed by atoms with Crippen molar-refractivity contribution in [1.82, 2.24) is 30.5 Å². The van der Waals surface area contributed by atoms with E-state index < -0.39 is 0 Å². The zero-order chi connectivity index (χ0) is 29.5. The molecule has 0 saturated heterocycles. The second-order valence-electron chi connectivity index (χ2n) is 10.8. The number of hydrogen-bond acceptors (Lipinski definition) is 6. The molecule has 9 heteroatoms. The number of aryl methyl sites for hydroxylation is 3. The van der Waals surface area contributed by atoms with E-state index in [0.717, 1.165) is 65.0 Å². The summed E-state index contributed by atoms with van der Waals surface area (Å²) in [6, 6.07) is 26.9. The van der Waals surface area contributed by atoms with E-state index in [1.807, 2.05) is 48.2 Å². The van der Waals surface area contributed by atoms with E-state index in [4.69, 9.17) is 16.6 Å². The second-order valence-corrected chi connectivity index (χ2v) is 12.4. The van der Waals surface area contributed by atoms with Gasteiger partial charge in [0.05, 0.1) is 5.52 Å². The fraction of sp³-hybridized carbons (Fsp3) is 0.303. The molecule has 0 aliphatic rings. The minimum Gasteiger partial charge on any atom is -0.345 e. The van der Waals surface area contributed by atoms with E-state index in [1.165, 1.54) is 11.1 Å². The molecule has 2 heterocycles. The van der Waals surface area contributed by atoms with Crippen LogP contribution in [0.4, 0.5) is 0 Å². The van der Waals surface area contributed by atoms with Crippen molar-refractivity contribution in [3.63, 3.8) is 0 Å². The number of amides is 1. The highest BCUT2D eigenvalue weighted by Crippen LogP contribution is 2.37. The number of halogens is 1. The summed E-state index contributed by atoms with van der Waals surface area (Å²) in [6.07, 6.45) is 3.44. The lowest BCUT2D eigenvalue weighted by Gasteiger charge is -2.21. The highest BCUT2D eigenvalue weighted by molar-refractivity contribution is 7.99. The first-order valence-electron chi connectivity index (χ1n) is 14.2. The van der Waals surface area contributed by atoms with E-state index in [1.54, 1.807) is 19.0 Å². The van der Waals surface area contributed by atoms with Gasteiger partial charge in [-0.05, 0) is 66.6 Å². The predicted molar refractivity (Wildman–Crippen MR) is 171 cm³/mol. The second kappa shape index (κ2) is 13.9. The highest BCUT2D eigenvalue weighted by atomic mass is 35.5. The van der Waals surface area contributed by atoms with E-state index in [2.05, 4.69) is 70.0 Å². The number of carbonyl (C=O) groups is 1. The van der Waals surface area contributed by atoms with Gasteiger partial charge in [-0.1, -0.05) is 78.3 Å². The van der Waals surface area contributed by atoms with Gasteiger partial charge in [-0.3, -0.25) is 9.78 Å². The molecule has 0 aliphatic heterocycles. The monoisotopic (exact) mass is 598 g/mol. The van der Waals surface area contributed by atoms with Crippen molar-refractivity contribution < 1.29 is 4.79 Å². The lowest BCUT2D eigenvalue weighted by molar-refractivity contribution is 0.0826. The Kier molecular flexibility index (Phi) is 9.87. The van der Waals surface area contributed by atoms with E-state index in [9.17, 15) is 4.79 Å². The number of H-pyrrole nitrogens is 1. The van der Waals surface area contributed by atoms with Gasteiger partial charge in [0.25, 0.3) is 5.91 Å². The van der Waals surface area contributed by atoms with Gasteiger partial charge in [0.1, 0.15) is 0 Å². The van der Waals surface area contributed by atoms with Crippen molar-refractivity contribution in [3.8, 4) is 0 Å². The van der Waals surface area contributed by atoms with Gasteiger partial charge in [-0.2, -0.15) is 17.0 Å². The van der Waals surface area contributed by atoms with Crippen molar-refractivity contribution in [2.75, 3.05) is 19.8 Å². The number of hydrogen-bond donors (Lipinski definition) is 1. The third-order valence-corrected chi connectivity index (χ3v) is 9.22. The fourth-order valence-electron chi connectivity index (χ4n) is 5.03. The topological polar surface area (TPSA) is 87.7 Å². The molecule has 0 saturated carbocycles. The molecule has 0 radical (unpaired) electrons. The number of thioether (sulfide) groups is 1. The Hall–Kier alpha value is -3.75. The molecule has 1 N–H and O–H groups in total. The summed E-state index contributed by atoms with van der Waals surface area (Å²) in [7, 11) is 3.59. The predicted octanol–water partition coefficient (Wildman–Crippen LogP) is 7.10. The molecule has 2 unspecified atom stereocenters. The van der Waals surface area contributed by atoms with Gasteiger partial charge >= 0.3 is 0 Å². The molecule has 0 fully saturated rings. The van der Waals surface area contributed by atoms with Gasteiger partial charge in [-0.25, -0.2) is 0 Å². The van der Waals surface area contributed by atoms with Crippen LogP contribution in [0.3, 0.4) is 0 Å². The van der Waals surface area contributed by atoms with Crippen LogP contribution in [0, 0.1) is 0 Å². The zero-order valence-electron chi connectivity index (χ0n) is 24.1. The molecule has 2 atom stereocenters. The smallest absolute Gasteiger partial charge is 0.253 e. The first kappa shape index (κ1) is 29.7. The molecular formula is C33H35ClN6OS. The number of pyridine rings is 1. The van der Waals surface area contributed by atoms with Crippen LogP contribution >= 0.6 is 23.4 Å². The van der Waals surface area contributed by atoms with Crippen molar-refractivity contribution in [2.45, 2.75) is 43.8 Å². The Bertz CT molecular complexity index is 1640. The van der Waals surface area contributed by atoms with Crippen LogP contribution in [0.5, 0.6) is 0 Å². The molecular weight excluding hydrogens is 564 g/mol. The Balaban J connectivity index is 1.33. The molecule has 7 nitrogen and oxygen atoms in total. The first-order chi connectivity index (χ1) is 20.4. The van der Waals surface area contributed by atoms with Gasteiger partial charge in [-0.15, -0.1) is 10.2 Å². The summed E-state index contributed by atoms with van der Waals surface area (Å²) in [5.41, 5.74) is 6.38. The molecule has 0 aliphatic carbocycles. The highest BCUT2D eigenvalue weighted by Gasteiger charge is 2.19. The average Bonchev–Trinajstić information content (AvgIpc) is 3.55. The van der Waals surface area contributed by atoms with E-state index in [0.29, 0.717) is 5.02 Å². The van der Waals surface area contributed by atoms with Gasteiger partial charge in [0, 0.05) is 52.7 Å². The third kappa shape index (κ3) is 7.55. The maximum atomic E-state index is 12.8. The SMILES string of the molecule is CC(CSC(CCc1ccccc1C(=O)N(C)C)c1cccc(CCc2ccc3ccc(Cl)cc3n2)c1)c1nn[nH]n1. The summed E-state index contributed by atoms with van der Waals surface area (Å²) in [6.45, 7) is 2.13. The summed E-state index contributed by atoms with van der Waals surface area (Å²) in [5.74, 6) is 1.78. The normalized spacial score (nSPS) is 12.8. The zero-order valence-corrected chi connectivity index (χ0v) is 25.7. The van der Waals surface area contributed by atoms with Gasteiger partial charge in [0.2, 0.25) is 0 Å². The number of fused-ring (bicyclic) bond motifs is 1. The number of nitrogens with one attached hydrogen (secondary N) is 1. The maximum absolute atomic E-state index is 12.8. The van der Waals surface area contributed by atoms with Crippen molar-refractivity contribution in [2.24, 2.45) is 0 Å². The summed E-state index contributed by atoms with van der Waals surface area (Å²) < 4.78 is 0. The van der Waals surface area contributed by atoms with E-state index in [-0.39, 0.29) is 17.1 Å². The largest absolute Gasteiger partial charge is 0.345 e. The molecule has 216 valence electrons. The first-order valence-corrected chi connectivity index (χ1v) is 15.6. The Morgan fingerprint density at radius 1 is 0.976 bits per heavy atom. The van der Waals surface area contributed by atoms with Crippen LogP contribution in [0.25, 0.3) is 10.9 Å². The van der Waals surface area contributed by atoms with Crippen molar-refractivity contribution >= 4 is 40.2 Å². The number of nitrogens with zero attached hydrogens (tertiary/aromatic N) is 5. The van der Waals surface area contributed by atoms with Crippen molar-refractivity contribution in [3.05, 3.63) is 118 Å².